The van der Waals surface area contributed by atoms with Crippen LogP contribution in [0.1, 0.15) is 27.9 Å². The van der Waals surface area contributed by atoms with Gasteiger partial charge in [0.15, 0.2) is 5.17 Å². The van der Waals surface area contributed by atoms with Gasteiger partial charge in [-0.3, -0.25) is 9.59 Å². The molecule has 3 rings (SSSR count). The van der Waals surface area contributed by atoms with Crippen molar-refractivity contribution in [3.8, 4) is 28.7 Å². The van der Waals surface area contributed by atoms with E-state index in [0.717, 1.165) is 17.3 Å². The van der Waals surface area contributed by atoms with E-state index >= 15 is 0 Å². The second-order valence-electron chi connectivity index (χ2n) is 7.61. The van der Waals surface area contributed by atoms with Crippen molar-refractivity contribution in [3.05, 3.63) is 83.2 Å². The Morgan fingerprint density at radius 1 is 1.14 bits per heavy atom. The highest BCUT2D eigenvalue weighted by molar-refractivity contribution is 8.13. The largest absolute Gasteiger partial charge is 0.496 e. The molecule has 10 heteroatoms. The van der Waals surface area contributed by atoms with E-state index in [4.69, 9.17) is 15.2 Å². The zero-order valence-corrected chi connectivity index (χ0v) is 21.1. The fourth-order valence-electron chi connectivity index (χ4n) is 3.49. The highest BCUT2D eigenvalue weighted by atomic mass is 32.2. The molecule has 0 heterocycles. The Morgan fingerprint density at radius 2 is 1.86 bits per heavy atom. The highest BCUT2D eigenvalue weighted by Gasteiger charge is 2.25. The van der Waals surface area contributed by atoms with Gasteiger partial charge in [0.05, 0.1) is 24.3 Å². The summed E-state index contributed by atoms with van der Waals surface area (Å²) in [6.07, 6.45) is 1.69. The molecule has 8 nitrogen and oxygen atoms in total. The van der Waals surface area contributed by atoms with Crippen LogP contribution in [0.25, 0.3) is 11.1 Å². The first kappa shape index (κ1) is 27.4. The van der Waals surface area contributed by atoms with Crippen LogP contribution < -0.4 is 20.5 Å². The maximum atomic E-state index is 14.3. The average Bonchev–Trinajstić information content (AvgIpc) is 2.91. The molecule has 3 aromatic rings. The van der Waals surface area contributed by atoms with Gasteiger partial charge >= 0.3 is 0 Å². The Balaban J connectivity index is 2.21. The number of thioether (sulfide) groups is 1. The standard InChI is InChI=1S/C27H25FN4O4S/c1-35-21-11-9-19(28)14-20(21)24-18(15-30)8-10-22(36-16-17-6-4-3-5-7-17)25(24)26(34)32-27(37-2)31-23(33)12-13-29/h3-11,14H,12-13,16,29H2,1-2H3,(H,31,32,33,34). The van der Waals surface area contributed by atoms with Gasteiger partial charge in [0, 0.05) is 24.1 Å². The van der Waals surface area contributed by atoms with Gasteiger partial charge in [-0.2, -0.15) is 10.3 Å². The number of methoxy groups -OCH3 is 1. The molecule has 0 atom stereocenters. The molecule has 0 unspecified atom stereocenters. The molecular weight excluding hydrogens is 495 g/mol. The first-order valence-electron chi connectivity index (χ1n) is 11.2. The van der Waals surface area contributed by atoms with Gasteiger partial charge in [0.1, 0.15) is 23.9 Å². The third-order valence-electron chi connectivity index (χ3n) is 5.18. The summed E-state index contributed by atoms with van der Waals surface area (Å²) >= 11 is 1.05. The number of ether oxygens (including phenoxy) is 2. The zero-order chi connectivity index (χ0) is 26.8. The van der Waals surface area contributed by atoms with Crippen LogP contribution in [0.2, 0.25) is 0 Å². The summed E-state index contributed by atoms with van der Waals surface area (Å²) in [7, 11) is 1.40. The van der Waals surface area contributed by atoms with Crippen LogP contribution >= 0.6 is 11.8 Å². The maximum absolute atomic E-state index is 14.3. The second-order valence-corrected chi connectivity index (χ2v) is 8.40. The van der Waals surface area contributed by atoms with Gasteiger partial charge in [0.25, 0.3) is 5.91 Å². The number of benzene rings is 3. The molecule has 0 saturated heterocycles. The van der Waals surface area contributed by atoms with Crippen molar-refractivity contribution in [1.82, 2.24) is 5.32 Å². The lowest BCUT2D eigenvalue weighted by Gasteiger charge is -2.17. The molecule has 0 bridgehead atoms. The van der Waals surface area contributed by atoms with Crippen molar-refractivity contribution in [3.63, 3.8) is 0 Å². The molecule has 0 radical (unpaired) electrons. The maximum Gasteiger partial charge on any atom is 0.283 e. The number of nitrogens with zero attached hydrogens (tertiary/aromatic N) is 2. The van der Waals surface area contributed by atoms with Crippen LogP contribution in [-0.4, -0.2) is 36.9 Å². The Bertz CT molecular complexity index is 1360. The first-order valence-corrected chi connectivity index (χ1v) is 12.4. The number of amides is 2. The van der Waals surface area contributed by atoms with Crippen molar-refractivity contribution >= 4 is 28.7 Å². The number of aliphatic imine (C=N–C) groups is 1. The Kier molecular flexibility index (Phi) is 9.77. The van der Waals surface area contributed by atoms with E-state index in [1.54, 1.807) is 6.26 Å². The third kappa shape index (κ3) is 6.94. The Labute approximate surface area is 218 Å². The first-order chi connectivity index (χ1) is 17.9. The van der Waals surface area contributed by atoms with Gasteiger partial charge in [-0.1, -0.05) is 42.1 Å². The molecular formula is C27H25FN4O4S. The normalized spacial score (nSPS) is 10.9. The molecule has 190 valence electrons. The van der Waals surface area contributed by atoms with Crippen LogP contribution in [-0.2, 0) is 11.4 Å². The minimum Gasteiger partial charge on any atom is -0.496 e. The van der Waals surface area contributed by atoms with E-state index in [2.05, 4.69) is 16.4 Å². The fraction of sp³-hybridized carbons (Fsp3) is 0.185. The van der Waals surface area contributed by atoms with Crippen molar-refractivity contribution in [2.75, 3.05) is 19.9 Å². The van der Waals surface area contributed by atoms with Crippen LogP contribution in [0.4, 0.5) is 4.39 Å². The molecule has 0 spiro atoms. The topological polar surface area (TPSA) is 127 Å². The predicted molar refractivity (Wildman–Crippen MR) is 141 cm³/mol. The van der Waals surface area contributed by atoms with Crippen molar-refractivity contribution in [2.45, 2.75) is 13.0 Å². The minimum atomic E-state index is -0.793. The van der Waals surface area contributed by atoms with E-state index < -0.39 is 17.6 Å². The fourth-order valence-corrected chi connectivity index (χ4v) is 3.88. The van der Waals surface area contributed by atoms with Gasteiger partial charge in [0.2, 0.25) is 5.91 Å². The summed E-state index contributed by atoms with van der Waals surface area (Å²) in [6, 6.07) is 18.1. The van der Waals surface area contributed by atoms with Crippen LogP contribution in [0, 0.1) is 17.1 Å². The monoisotopic (exact) mass is 520 g/mol. The number of nitriles is 1. The summed E-state index contributed by atoms with van der Waals surface area (Å²) in [5.74, 6) is -1.40. The number of nitrogens with two attached hydrogens (primary N) is 1. The predicted octanol–water partition coefficient (Wildman–Crippen LogP) is 4.28. The quantitative estimate of drug-likeness (QED) is 0.335. The molecule has 0 aliphatic carbocycles. The number of carbonyl (C=O) groups is 2. The van der Waals surface area contributed by atoms with Crippen LogP contribution in [0.5, 0.6) is 11.5 Å². The summed E-state index contributed by atoms with van der Waals surface area (Å²) in [5, 5.41) is 12.5. The van der Waals surface area contributed by atoms with E-state index in [1.165, 1.54) is 37.4 Å². The van der Waals surface area contributed by atoms with Crippen molar-refractivity contribution in [2.24, 2.45) is 10.7 Å². The number of hydrogen-bond acceptors (Lipinski definition) is 7. The van der Waals surface area contributed by atoms with Gasteiger partial charge in [-0.15, -0.1) is 0 Å². The summed E-state index contributed by atoms with van der Waals surface area (Å²) in [6.45, 7) is 0.256. The summed E-state index contributed by atoms with van der Waals surface area (Å²) in [5.41, 5.74) is 6.58. The zero-order valence-electron chi connectivity index (χ0n) is 20.3. The number of amidine groups is 1. The molecule has 0 saturated carbocycles. The van der Waals surface area contributed by atoms with E-state index in [9.17, 15) is 19.2 Å². The molecule has 2 amide bonds. The molecule has 0 fully saturated rings. The Hall–Kier alpha value is -4.20. The van der Waals surface area contributed by atoms with Gasteiger partial charge in [-0.25, -0.2) is 4.39 Å². The second kappa shape index (κ2) is 13.2. The van der Waals surface area contributed by atoms with E-state index in [1.807, 2.05) is 30.3 Å². The molecule has 3 aromatic carbocycles. The summed E-state index contributed by atoms with van der Waals surface area (Å²) < 4.78 is 25.7. The van der Waals surface area contributed by atoms with E-state index in [-0.39, 0.29) is 58.5 Å². The summed E-state index contributed by atoms with van der Waals surface area (Å²) in [4.78, 5) is 29.8. The lowest BCUT2D eigenvalue weighted by atomic mass is 9.92. The number of rotatable bonds is 8. The van der Waals surface area contributed by atoms with Crippen molar-refractivity contribution < 1.29 is 23.5 Å². The Morgan fingerprint density at radius 3 is 2.51 bits per heavy atom. The highest BCUT2D eigenvalue weighted by Crippen LogP contribution is 2.40. The SMILES string of the molecule is COc1ccc(F)cc1-c1c(C#N)ccc(OCc2ccccc2)c1C(=O)N=C(NC(=O)CCN)SC. The lowest BCUT2D eigenvalue weighted by molar-refractivity contribution is -0.119. The number of halogens is 1. The molecule has 0 aromatic heterocycles. The number of nitrogens with one attached hydrogen (secondary N) is 1. The van der Waals surface area contributed by atoms with Crippen LogP contribution in [0.15, 0.2) is 65.7 Å². The van der Waals surface area contributed by atoms with Crippen LogP contribution in [0.3, 0.4) is 0 Å². The number of carbonyl (C=O) groups excluding carboxylic acids is 2. The average molecular weight is 521 g/mol. The third-order valence-corrected chi connectivity index (χ3v) is 5.76. The van der Waals surface area contributed by atoms with E-state index in [0.29, 0.717) is 0 Å². The molecule has 3 N–H and O–H groups in total. The molecule has 0 aliphatic heterocycles. The molecule has 0 aliphatic rings. The molecule has 37 heavy (non-hydrogen) atoms. The van der Waals surface area contributed by atoms with Gasteiger partial charge < -0.3 is 20.5 Å². The van der Waals surface area contributed by atoms with Gasteiger partial charge in [-0.05, 0) is 42.2 Å². The number of hydrogen-bond donors (Lipinski definition) is 2. The lowest BCUT2D eigenvalue weighted by Crippen LogP contribution is -2.30. The van der Waals surface area contributed by atoms with Crippen molar-refractivity contribution in [1.29, 1.82) is 5.26 Å². The smallest absolute Gasteiger partial charge is 0.283 e. The minimum absolute atomic E-state index is 0.0389.